The van der Waals surface area contributed by atoms with Gasteiger partial charge in [0.25, 0.3) is 0 Å². The van der Waals surface area contributed by atoms with Gasteiger partial charge in [0.2, 0.25) is 0 Å². The van der Waals surface area contributed by atoms with Gasteiger partial charge in [0.1, 0.15) is 30.0 Å². The quantitative estimate of drug-likeness (QED) is 0.399. The summed E-state index contributed by atoms with van der Waals surface area (Å²) in [6, 6.07) is 20.3. The average Bonchev–Trinajstić information content (AvgIpc) is 3.34. The lowest BCUT2D eigenvalue weighted by Crippen LogP contribution is -2.35. The van der Waals surface area contributed by atoms with Crippen molar-refractivity contribution < 1.29 is 24.5 Å². The van der Waals surface area contributed by atoms with Crippen molar-refractivity contribution in [3.63, 3.8) is 0 Å². The lowest BCUT2D eigenvalue weighted by atomic mass is 9.86. The van der Waals surface area contributed by atoms with Gasteiger partial charge in [-0.05, 0) is 91.9 Å². The molecule has 2 N–H and O–H groups in total. The van der Waals surface area contributed by atoms with E-state index in [1.54, 1.807) is 30.3 Å². The molecule has 6 heteroatoms. The first-order valence-corrected chi connectivity index (χ1v) is 12.8. The molecule has 3 aromatic rings. The molecule has 0 amide bonds. The van der Waals surface area contributed by atoms with Gasteiger partial charge in [-0.2, -0.15) is 0 Å². The molecule has 2 aliphatic heterocycles. The van der Waals surface area contributed by atoms with E-state index in [0.717, 1.165) is 52.6 Å². The smallest absolute Gasteiger partial charge is 0.335 e. The molecule has 3 aromatic carbocycles. The fourth-order valence-corrected chi connectivity index (χ4v) is 5.27. The topological polar surface area (TPSA) is 79.2 Å². The number of fused-ring (bicyclic) bond motifs is 1. The highest BCUT2D eigenvalue weighted by Crippen LogP contribution is 2.47. The average molecular weight is 500 g/mol. The normalized spacial score (nSPS) is 20.3. The molecule has 0 aromatic heterocycles. The Bertz CT molecular complexity index is 1310. The second kappa shape index (κ2) is 10.3. The number of hydrogen-bond acceptors (Lipinski definition) is 5. The first-order valence-electron chi connectivity index (χ1n) is 12.8. The zero-order valence-electron chi connectivity index (χ0n) is 21.5. The number of phenolic OH excluding ortho intramolecular Hbond substituents is 1. The minimum atomic E-state index is -0.965. The van der Waals surface area contributed by atoms with E-state index >= 15 is 0 Å². The van der Waals surface area contributed by atoms with E-state index in [4.69, 9.17) is 9.47 Å². The van der Waals surface area contributed by atoms with E-state index < -0.39 is 12.1 Å². The molecule has 0 spiro atoms. The first kappa shape index (κ1) is 24.9. The van der Waals surface area contributed by atoms with Crippen LogP contribution >= 0.6 is 0 Å². The van der Waals surface area contributed by atoms with Gasteiger partial charge in [0.15, 0.2) is 0 Å². The highest BCUT2D eigenvalue weighted by Gasteiger charge is 2.30. The Balaban J connectivity index is 1.41. The maximum atomic E-state index is 11.4. The van der Waals surface area contributed by atoms with Gasteiger partial charge in [0, 0.05) is 23.7 Å². The van der Waals surface area contributed by atoms with Gasteiger partial charge in [-0.3, -0.25) is 4.90 Å². The highest BCUT2D eigenvalue weighted by molar-refractivity contribution is 5.96. The lowest BCUT2D eigenvalue weighted by Gasteiger charge is -2.31. The minimum Gasteiger partial charge on any atom is -0.508 e. The molecule has 2 aliphatic rings. The second-order valence-corrected chi connectivity index (χ2v) is 10.2. The van der Waals surface area contributed by atoms with E-state index in [2.05, 4.69) is 18.7 Å². The molecule has 5 rings (SSSR count). The van der Waals surface area contributed by atoms with Gasteiger partial charge in [0.05, 0.1) is 5.56 Å². The van der Waals surface area contributed by atoms with Crippen LogP contribution in [-0.2, 0) is 0 Å². The van der Waals surface area contributed by atoms with Gasteiger partial charge in [-0.15, -0.1) is 0 Å². The zero-order valence-corrected chi connectivity index (χ0v) is 21.5. The number of hydrogen-bond donors (Lipinski definition) is 2. The molecule has 192 valence electrons. The van der Waals surface area contributed by atoms with Crippen LogP contribution in [0, 0.1) is 5.92 Å². The van der Waals surface area contributed by atoms with Crippen molar-refractivity contribution in [1.82, 2.24) is 4.90 Å². The Morgan fingerprint density at radius 1 is 1.11 bits per heavy atom. The molecule has 0 saturated carbocycles. The van der Waals surface area contributed by atoms with Gasteiger partial charge in [-0.1, -0.05) is 31.2 Å². The van der Waals surface area contributed by atoms with Crippen molar-refractivity contribution in [3.8, 4) is 17.2 Å². The van der Waals surface area contributed by atoms with Crippen LogP contribution in [0.3, 0.4) is 0 Å². The molecular weight excluding hydrogens is 466 g/mol. The Labute approximate surface area is 217 Å². The summed E-state index contributed by atoms with van der Waals surface area (Å²) < 4.78 is 12.6. The number of carbonyl (C=O) groups is 1. The van der Waals surface area contributed by atoms with Crippen LogP contribution in [0.2, 0.25) is 0 Å². The molecule has 0 aliphatic carbocycles. The fraction of sp³-hybridized carbons (Fsp3) is 0.323. The molecule has 2 heterocycles. The maximum Gasteiger partial charge on any atom is 0.335 e. The van der Waals surface area contributed by atoms with Gasteiger partial charge >= 0.3 is 5.97 Å². The first-order chi connectivity index (χ1) is 17.8. The molecule has 0 bridgehead atoms. The van der Waals surface area contributed by atoms with E-state index in [-0.39, 0.29) is 11.3 Å². The van der Waals surface area contributed by atoms with Crippen molar-refractivity contribution in [1.29, 1.82) is 0 Å². The second-order valence-electron chi connectivity index (χ2n) is 10.2. The Morgan fingerprint density at radius 2 is 1.84 bits per heavy atom. The van der Waals surface area contributed by atoms with Gasteiger partial charge in [-0.25, -0.2) is 4.79 Å². The number of carboxylic acids is 1. The number of ether oxygens (including phenoxy) is 2. The summed E-state index contributed by atoms with van der Waals surface area (Å²) in [4.78, 5) is 13.9. The SMILES string of the molecule is CC1=C(c2ccc(C(=O)O)cc2)C(c2ccc(OC[C@H](C)N3CC[C@@H](C)C3)cc2)Oc2ccc(O)cc21. The highest BCUT2D eigenvalue weighted by atomic mass is 16.5. The van der Waals surface area contributed by atoms with Crippen LogP contribution in [-0.4, -0.2) is 46.8 Å². The van der Waals surface area contributed by atoms with E-state index in [1.165, 1.54) is 6.42 Å². The van der Waals surface area contributed by atoms with Crippen LogP contribution in [0.25, 0.3) is 11.1 Å². The number of benzene rings is 3. The molecule has 1 unspecified atom stereocenters. The standard InChI is InChI=1S/C31H33NO5/c1-19-14-15-32(17-19)20(2)18-36-26-11-8-23(9-12-26)30-29(22-4-6-24(7-5-22)31(34)35)21(3)27-16-25(33)10-13-28(27)37-30/h4-13,16,19-20,30,33H,14-15,17-18H2,1-3H3,(H,34,35)/t19-,20+,30?/m1/s1. The third kappa shape index (κ3) is 5.20. The number of carboxylic acid groups (broad SMARTS) is 1. The number of likely N-dealkylation sites (tertiary alicyclic amines) is 1. The number of rotatable bonds is 7. The van der Waals surface area contributed by atoms with Gasteiger partial charge < -0.3 is 19.7 Å². The van der Waals surface area contributed by atoms with E-state index in [0.29, 0.717) is 18.4 Å². The zero-order chi connectivity index (χ0) is 26.1. The van der Waals surface area contributed by atoms with E-state index in [9.17, 15) is 15.0 Å². The van der Waals surface area contributed by atoms with Crippen molar-refractivity contribution in [2.24, 2.45) is 5.92 Å². The molecule has 1 fully saturated rings. The summed E-state index contributed by atoms with van der Waals surface area (Å²) >= 11 is 0. The van der Waals surface area contributed by atoms with E-state index in [1.807, 2.05) is 43.3 Å². The summed E-state index contributed by atoms with van der Waals surface area (Å²) in [6.07, 6.45) is 0.851. The maximum absolute atomic E-state index is 11.4. The number of aromatic hydroxyl groups is 1. The van der Waals surface area contributed by atoms with Crippen LogP contribution in [0.15, 0.2) is 66.7 Å². The number of aromatic carboxylic acids is 1. The molecule has 0 radical (unpaired) electrons. The molecule has 37 heavy (non-hydrogen) atoms. The minimum absolute atomic E-state index is 0.167. The lowest BCUT2D eigenvalue weighted by molar-refractivity contribution is 0.0697. The van der Waals surface area contributed by atoms with Crippen LogP contribution in [0.5, 0.6) is 17.2 Å². The summed E-state index contributed by atoms with van der Waals surface area (Å²) in [5, 5.41) is 19.4. The Hall–Kier alpha value is -3.77. The molecule has 3 atom stereocenters. The van der Waals surface area contributed by atoms with Crippen LogP contribution < -0.4 is 9.47 Å². The third-order valence-corrected chi connectivity index (χ3v) is 7.47. The van der Waals surface area contributed by atoms with Crippen molar-refractivity contribution in [3.05, 3.63) is 89.0 Å². The monoisotopic (exact) mass is 499 g/mol. The number of nitrogens with zero attached hydrogens (tertiary/aromatic N) is 1. The summed E-state index contributed by atoms with van der Waals surface area (Å²) in [5.41, 5.74) is 4.78. The molecule has 6 nitrogen and oxygen atoms in total. The Kier molecular flexibility index (Phi) is 6.94. The van der Waals surface area contributed by atoms with Crippen molar-refractivity contribution in [2.45, 2.75) is 39.3 Å². The van der Waals surface area contributed by atoms with Crippen molar-refractivity contribution >= 4 is 17.1 Å². The van der Waals surface area contributed by atoms with Crippen LogP contribution in [0.1, 0.15) is 60.3 Å². The fourth-order valence-electron chi connectivity index (χ4n) is 5.27. The summed E-state index contributed by atoms with van der Waals surface area (Å²) in [5.74, 6) is 1.46. The number of phenols is 1. The van der Waals surface area contributed by atoms with Crippen LogP contribution in [0.4, 0.5) is 0 Å². The Morgan fingerprint density at radius 3 is 2.49 bits per heavy atom. The largest absolute Gasteiger partial charge is 0.508 e. The molecular formula is C31H33NO5. The number of allylic oxidation sites excluding steroid dienone is 1. The summed E-state index contributed by atoms with van der Waals surface area (Å²) in [7, 11) is 0. The predicted octanol–water partition coefficient (Wildman–Crippen LogP) is 6.26. The third-order valence-electron chi connectivity index (χ3n) is 7.47. The van der Waals surface area contributed by atoms with Crippen molar-refractivity contribution in [2.75, 3.05) is 19.7 Å². The molecule has 1 saturated heterocycles. The predicted molar refractivity (Wildman–Crippen MR) is 144 cm³/mol. The summed E-state index contributed by atoms with van der Waals surface area (Å²) in [6.45, 7) is 9.42.